The Labute approximate surface area is 197 Å². The molecule has 32 heavy (non-hydrogen) atoms. The van der Waals surface area contributed by atoms with Crippen molar-refractivity contribution in [2.75, 3.05) is 0 Å². The average molecular weight is 479 g/mol. The third-order valence-electron chi connectivity index (χ3n) is 5.05. The number of aromatic nitrogens is 2. The Morgan fingerprint density at radius 1 is 0.750 bits per heavy atom. The Bertz CT molecular complexity index is 1290. The fraction of sp³-hybridized carbons (Fsp3) is 0.0345. The van der Waals surface area contributed by atoms with E-state index < -0.39 is 0 Å². The molecular formula is C29H23BrN2. The van der Waals surface area contributed by atoms with Crippen LogP contribution in [0.25, 0.3) is 39.3 Å². The zero-order valence-corrected chi connectivity index (χ0v) is 19.5. The number of rotatable bonds is 6. The summed E-state index contributed by atoms with van der Waals surface area (Å²) in [7, 11) is 0. The molecule has 0 unspecified atom stereocenters. The van der Waals surface area contributed by atoms with Gasteiger partial charge in [-0.2, -0.15) is 0 Å². The molecular weight excluding hydrogens is 456 g/mol. The average Bonchev–Trinajstić information content (AvgIpc) is 2.85. The Balaban J connectivity index is 2.09. The van der Waals surface area contributed by atoms with Gasteiger partial charge in [-0.1, -0.05) is 120 Å². The van der Waals surface area contributed by atoms with Gasteiger partial charge in [-0.05, 0) is 19.1 Å². The lowest BCUT2D eigenvalue weighted by atomic mass is 9.99. The first-order valence-electron chi connectivity index (χ1n) is 10.5. The molecule has 0 radical (unpaired) electrons. The molecule has 3 heteroatoms. The molecule has 0 aliphatic carbocycles. The van der Waals surface area contributed by atoms with Crippen molar-refractivity contribution in [1.29, 1.82) is 0 Å². The van der Waals surface area contributed by atoms with Gasteiger partial charge >= 0.3 is 0 Å². The molecule has 0 amide bonds. The molecule has 0 N–H and O–H groups in total. The molecule has 156 valence electrons. The second-order valence-electron chi connectivity index (χ2n) is 7.21. The summed E-state index contributed by atoms with van der Waals surface area (Å²) in [6.07, 6.45) is 7.85. The van der Waals surface area contributed by atoms with Gasteiger partial charge in [-0.3, -0.25) is 0 Å². The second kappa shape index (κ2) is 10.2. The first kappa shape index (κ1) is 21.7. The van der Waals surface area contributed by atoms with Crippen LogP contribution < -0.4 is 0 Å². The summed E-state index contributed by atoms with van der Waals surface area (Å²) >= 11 is 3.60. The third kappa shape index (κ3) is 4.68. The predicted molar refractivity (Wildman–Crippen MR) is 139 cm³/mol. The molecule has 0 saturated carbocycles. The van der Waals surface area contributed by atoms with Crippen molar-refractivity contribution in [3.8, 4) is 33.8 Å². The van der Waals surface area contributed by atoms with Crippen molar-refractivity contribution < 1.29 is 0 Å². The van der Waals surface area contributed by atoms with Crippen LogP contribution in [0.1, 0.15) is 12.6 Å². The van der Waals surface area contributed by atoms with E-state index in [2.05, 4.69) is 58.9 Å². The zero-order chi connectivity index (χ0) is 22.3. The molecule has 0 fully saturated rings. The van der Waals surface area contributed by atoms with E-state index in [0.29, 0.717) is 0 Å². The minimum Gasteiger partial charge on any atom is -0.243 e. The van der Waals surface area contributed by atoms with Gasteiger partial charge in [0, 0.05) is 26.7 Å². The minimum atomic E-state index is 0.801. The Morgan fingerprint density at radius 3 is 1.91 bits per heavy atom. The summed E-state index contributed by atoms with van der Waals surface area (Å²) < 4.78 is 0.994. The Morgan fingerprint density at radius 2 is 1.34 bits per heavy atom. The van der Waals surface area contributed by atoms with Crippen molar-refractivity contribution in [2.45, 2.75) is 6.92 Å². The van der Waals surface area contributed by atoms with Gasteiger partial charge in [0.1, 0.15) is 0 Å². The van der Waals surface area contributed by atoms with E-state index >= 15 is 0 Å². The standard InChI is InChI=1S/C29H23BrN2/c1-3-5-13-21(4-2)26-29(24-18-12-19-25(30)20-24)32-28(23-16-10-7-11-17-23)27(31-26)22-14-8-6-9-15-22/h3-20H,2H2,1H3/b5-3-,21-13+. The van der Waals surface area contributed by atoms with Crippen LogP contribution in [0.5, 0.6) is 0 Å². The third-order valence-corrected chi connectivity index (χ3v) is 5.54. The lowest BCUT2D eigenvalue weighted by Crippen LogP contribution is -2.02. The number of nitrogens with zero attached hydrogens (tertiary/aromatic N) is 2. The fourth-order valence-corrected chi connectivity index (χ4v) is 3.91. The summed E-state index contributed by atoms with van der Waals surface area (Å²) in [5.41, 5.74) is 7.28. The maximum Gasteiger partial charge on any atom is 0.0973 e. The maximum atomic E-state index is 5.21. The highest BCUT2D eigenvalue weighted by atomic mass is 79.9. The highest BCUT2D eigenvalue weighted by Crippen LogP contribution is 2.36. The van der Waals surface area contributed by atoms with Crippen LogP contribution in [0.3, 0.4) is 0 Å². The van der Waals surface area contributed by atoms with Crippen LogP contribution in [0, 0.1) is 0 Å². The monoisotopic (exact) mass is 478 g/mol. The summed E-state index contributed by atoms with van der Waals surface area (Å²) in [6.45, 7) is 6.04. The summed E-state index contributed by atoms with van der Waals surface area (Å²) in [5.74, 6) is 0. The first-order valence-corrected chi connectivity index (χ1v) is 11.2. The quantitative estimate of drug-likeness (QED) is 0.260. The molecule has 0 spiro atoms. The van der Waals surface area contributed by atoms with Crippen molar-refractivity contribution in [1.82, 2.24) is 9.97 Å². The number of benzene rings is 3. The highest BCUT2D eigenvalue weighted by molar-refractivity contribution is 9.10. The van der Waals surface area contributed by atoms with Gasteiger partial charge in [0.15, 0.2) is 0 Å². The summed E-state index contributed by atoms with van der Waals surface area (Å²) in [4.78, 5) is 10.4. The minimum absolute atomic E-state index is 0.801. The highest BCUT2D eigenvalue weighted by Gasteiger charge is 2.19. The van der Waals surface area contributed by atoms with Crippen molar-refractivity contribution in [3.05, 3.63) is 126 Å². The van der Waals surface area contributed by atoms with Crippen LogP contribution in [0.2, 0.25) is 0 Å². The lowest BCUT2D eigenvalue weighted by molar-refractivity contribution is 1.18. The normalized spacial score (nSPS) is 11.6. The van der Waals surface area contributed by atoms with Crippen LogP contribution in [-0.4, -0.2) is 9.97 Å². The van der Waals surface area contributed by atoms with Crippen LogP contribution >= 0.6 is 15.9 Å². The number of halogens is 1. The number of hydrogen-bond donors (Lipinski definition) is 0. The van der Waals surface area contributed by atoms with E-state index in [1.807, 2.05) is 79.8 Å². The smallest absolute Gasteiger partial charge is 0.0973 e. The summed E-state index contributed by atoms with van der Waals surface area (Å²) in [5, 5.41) is 0. The van der Waals surface area contributed by atoms with Gasteiger partial charge in [0.05, 0.1) is 22.8 Å². The lowest BCUT2D eigenvalue weighted by Gasteiger charge is -2.16. The zero-order valence-electron chi connectivity index (χ0n) is 17.9. The van der Waals surface area contributed by atoms with Gasteiger partial charge in [0.25, 0.3) is 0 Å². The number of hydrogen-bond acceptors (Lipinski definition) is 2. The van der Waals surface area contributed by atoms with Crippen LogP contribution in [0.15, 0.2) is 120 Å². The molecule has 1 heterocycles. The Hall–Kier alpha value is -3.56. The second-order valence-corrected chi connectivity index (χ2v) is 8.13. The SMILES string of the molecule is C=C/C(=C\C=C/C)c1nc(-c2ccccc2)c(-c2ccccc2)nc1-c1cccc(Br)c1. The molecule has 1 aromatic heterocycles. The molecule has 4 aromatic rings. The number of allylic oxidation sites excluding steroid dienone is 5. The molecule has 0 atom stereocenters. The molecule has 0 aliphatic heterocycles. The fourth-order valence-electron chi connectivity index (χ4n) is 3.51. The Kier molecular flexibility index (Phi) is 6.88. The van der Waals surface area contributed by atoms with Gasteiger partial charge in [-0.25, -0.2) is 9.97 Å². The first-order chi connectivity index (χ1) is 15.7. The molecule has 0 aliphatic rings. The van der Waals surface area contributed by atoms with Gasteiger partial charge in [-0.15, -0.1) is 0 Å². The van der Waals surface area contributed by atoms with Crippen LogP contribution in [-0.2, 0) is 0 Å². The van der Waals surface area contributed by atoms with E-state index in [1.165, 1.54) is 0 Å². The summed E-state index contributed by atoms with van der Waals surface area (Å²) in [6, 6.07) is 28.6. The topological polar surface area (TPSA) is 25.8 Å². The van der Waals surface area contributed by atoms with Crippen molar-refractivity contribution in [2.24, 2.45) is 0 Å². The van der Waals surface area contributed by atoms with E-state index in [9.17, 15) is 0 Å². The van der Waals surface area contributed by atoms with Gasteiger partial charge in [0.2, 0.25) is 0 Å². The van der Waals surface area contributed by atoms with Gasteiger partial charge < -0.3 is 0 Å². The van der Waals surface area contributed by atoms with Crippen molar-refractivity contribution in [3.63, 3.8) is 0 Å². The largest absolute Gasteiger partial charge is 0.243 e. The van der Waals surface area contributed by atoms with E-state index in [-0.39, 0.29) is 0 Å². The van der Waals surface area contributed by atoms with Crippen molar-refractivity contribution >= 4 is 21.5 Å². The molecule has 4 rings (SSSR count). The molecule has 0 saturated heterocycles. The van der Waals surface area contributed by atoms with Crippen LogP contribution in [0.4, 0.5) is 0 Å². The van der Waals surface area contributed by atoms with E-state index in [4.69, 9.17) is 9.97 Å². The predicted octanol–water partition coefficient (Wildman–Crippen LogP) is 8.39. The van der Waals surface area contributed by atoms with E-state index in [1.54, 1.807) is 0 Å². The van der Waals surface area contributed by atoms with E-state index in [0.717, 1.165) is 49.5 Å². The molecule has 0 bridgehead atoms. The molecule has 3 aromatic carbocycles. The molecule has 2 nitrogen and oxygen atoms in total. The maximum absolute atomic E-state index is 5.21.